The Morgan fingerprint density at radius 3 is 2.71 bits per heavy atom. The predicted octanol–water partition coefficient (Wildman–Crippen LogP) is 1.39. The zero-order valence-corrected chi connectivity index (χ0v) is 4.52. The van der Waals surface area contributed by atoms with Gasteiger partial charge >= 0.3 is 0 Å². The highest BCUT2D eigenvalue weighted by Gasteiger charge is 2.02. The summed E-state index contributed by atoms with van der Waals surface area (Å²) in [5.41, 5.74) is 0. The molecule has 0 aromatic carbocycles. The van der Waals surface area contributed by atoms with E-state index in [9.17, 15) is 0 Å². The maximum atomic E-state index is 3.95. The first-order valence-electron chi connectivity index (χ1n) is 2.72. The molecule has 0 aromatic rings. The average Bonchev–Trinajstić information content (AvgIpc) is 1.55. The summed E-state index contributed by atoms with van der Waals surface area (Å²) in [5, 5.41) is 0. The predicted molar refractivity (Wildman–Crippen MR) is 30.7 cm³/mol. The minimum Gasteiger partial charge on any atom is -0.235 e. The minimum atomic E-state index is 0.519. The van der Waals surface area contributed by atoms with Gasteiger partial charge in [-0.3, -0.25) is 0 Å². The van der Waals surface area contributed by atoms with Gasteiger partial charge in [0.05, 0.1) is 6.04 Å². The summed E-state index contributed by atoms with van der Waals surface area (Å²) in [4.78, 5) is 3.95. The largest absolute Gasteiger partial charge is 0.235 e. The van der Waals surface area contributed by atoms with Crippen molar-refractivity contribution in [3.05, 3.63) is 6.08 Å². The molecule has 1 aliphatic heterocycles. The molecule has 0 fully saturated rings. The van der Waals surface area contributed by atoms with Crippen molar-refractivity contribution in [2.75, 3.05) is 0 Å². The summed E-state index contributed by atoms with van der Waals surface area (Å²) >= 11 is 0. The normalized spacial score (nSPS) is 25.0. The molecule has 1 aliphatic rings. The molecule has 0 amide bonds. The fourth-order valence-electron chi connectivity index (χ4n) is 0.624. The molecule has 1 heterocycles. The van der Waals surface area contributed by atoms with Crippen molar-refractivity contribution in [3.8, 4) is 0 Å². The van der Waals surface area contributed by atoms with Gasteiger partial charge in [0.15, 0.2) is 0 Å². The molecule has 7 heavy (non-hydrogen) atoms. The Morgan fingerprint density at radius 1 is 1.86 bits per heavy atom. The second-order valence-electron chi connectivity index (χ2n) is 1.78. The molecule has 1 atom stereocenters. The van der Waals surface area contributed by atoms with E-state index in [0.717, 1.165) is 0 Å². The standard InChI is InChI=1S/C6H9N/c1-2-3-6-4-5-7-6/h4,6H,2-3H2,1H3. The van der Waals surface area contributed by atoms with Crippen LogP contribution in [0.15, 0.2) is 11.1 Å². The average molecular weight is 95.1 g/mol. The third kappa shape index (κ3) is 0.908. The van der Waals surface area contributed by atoms with E-state index in [1.54, 1.807) is 0 Å². The Morgan fingerprint density at radius 2 is 2.57 bits per heavy atom. The van der Waals surface area contributed by atoms with Gasteiger partial charge in [0.1, 0.15) is 0 Å². The maximum absolute atomic E-state index is 3.95. The Labute approximate surface area is 43.8 Å². The monoisotopic (exact) mass is 95.1 g/mol. The summed E-state index contributed by atoms with van der Waals surface area (Å²) < 4.78 is 0. The summed E-state index contributed by atoms with van der Waals surface area (Å²) in [6, 6.07) is 0.519. The van der Waals surface area contributed by atoms with Gasteiger partial charge in [-0.05, 0) is 12.3 Å². The lowest BCUT2D eigenvalue weighted by Crippen LogP contribution is -2.04. The number of aliphatic imine (C=N–C) groups is 1. The fraction of sp³-hybridized carbons (Fsp3) is 0.667. The topological polar surface area (TPSA) is 12.4 Å². The van der Waals surface area contributed by atoms with Crippen molar-refractivity contribution >= 4 is 5.87 Å². The van der Waals surface area contributed by atoms with E-state index in [1.807, 2.05) is 6.08 Å². The van der Waals surface area contributed by atoms with Crippen LogP contribution in [0.1, 0.15) is 19.8 Å². The molecule has 1 rings (SSSR count). The molecule has 0 aromatic heterocycles. The third-order valence-corrected chi connectivity index (χ3v) is 1.09. The summed E-state index contributed by atoms with van der Waals surface area (Å²) in [5.74, 6) is 2.75. The summed E-state index contributed by atoms with van der Waals surface area (Å²) in [6.45, 7) is 2.17. The van der Waals surface area contributed by atoms with Crippen molar-refractivity contribution in [1.29, 1.82) is 0 Å². The molecule has 0 saturated heterocycles. The first-order chi connectivity index (χ1) is 3.43. The lowest BCUT2D eigenvalue weighted by molar-refractivity contribution is 0.697. The van der Waals surface area contributed by atoms with Crippen LogP contribution < -0.4 is 0 Å². The fourth-order valence-corrected chi connectivity index (χ4v) is 0.624. The van der Waals surface area contributed by atoms with E-state index in [1.165, 1.54) is 12.8 Å². The van der Waals surface area contributed by atoms with E-state index < -0.39 is 0 Å². The second-order valence-corrected chi connectivity index (χ2v) is 1.78. The maximum Gasteiger partial charge on any atom is 0.0862 e. The molecule has 1 unspecified atom stereocenters. The zero-order chi connectivity index (χ0) is 5.11. The van der Waals surface area contributed by atoms with Gasteiger partial charge in [-0.2, -0.15) is 0 Å². The van der Waals surface area contributed by atoms with Gasteiger partial charge in [-0.25, -0.2) is 4.99 Å². The van der Waals surface area contributed by atoms with Gasteiger partial charge in [0.25, 0.3) is 0 Å². The number of hydrogen-bond acceptors (Lipinski definition) is 1. The van der Waals surface area contributed by atoms with Crippen LogP contribution >= 0.6 is 0 Å². The quantitative estimate of drug-likeness (QED) is 0.491. The van der Waals surface area contributed by atoms with E-state index in [2.05, 4.69) is 17.8 Å². The number of nitrogens with zero attached hydrogens (tertiary/aromatic N) is 1. The van der Waals surface area contributed by atoms with Gasteiger partial charge in [-0.15, -0.1) is 0 Å². The highest BCUT2D eigenvalue weighted by Crippen LogP contribution is 2.04. The van der Waals surface area contributed by atoms with Crippen molar-refractivity contribution in [1.82, 2.24) is 0 Å². The Hall–Kier alpha value is -0.550. The first-order valence-corrected chi connectivity index (χ1v) is 2.72. The van der Waals surface area contributed by atoms with Gasteiger partial charge < -0.3 is 0 Å². The number of rotatable bonds is 2. The molecule has 38 valence electrons. The summed E-state index contributed by atoms with van der Waals surface area (Å²) in [7, 11) is 0. The van der Waals surface area contributed by atoms with Crippen molar-refractivity contribution in [2.24, 2.45) is 4.99 Å². The molecule has 1 heteroatoms. The Balaban J connectivity index is 2.11. The third-order valence-electron chi connectivity index (χ3n) is 1.09. The van der Waals surface area contributed by atoms with E-state index >= 15 is 0 Å². The molecule has 0 N–H and O–H groups in total. The highest BCUT2D eigenvalue weighted by molar-refractivity contribution is 5.59. The smallest absolute Gasteiger partial charge is 0.0862 e. The van der Waals surface area contributed by atoms with Crippen LogP contribution in [0.4, 0.5) is 0 Å². The first kappa shape index (κ1) is 4.61. The molecule has 0 spiro atoms. The van der Waals surface area contributed by atoms with Crippen LogP contribution in [0.3, 0.4) is 0 Å². The van der Waals surface area contributed by atoms with Gasteiger partial charge in [0, 0.05) is 6.08 Å². The summed E-state index contributed by atoms with van der Waals surface area (Å²) in [6.07, 6.45) is 4.45. The van der Waals surface area contributed by atoms with Gasteiger partial charge in [0.2, 0.25) is 0 Å². The van der Waals surface area contributed by atoms with Crippen LogP contribution in [0.5, 0.6) is 0 Å². The van der Waals surface area contributed by atoms with Gasteiger partial charge in [-0.1, -0.05) is 13.3 Å². The lowest BCUT2D eigenvalue weighted by Gasteiger charge is -2.05. The molecule has 0 radical (unpaired) electrons. The van der Waals surface area contributed by atoms with Crippen LogP contribution in [0.25, 0.3) is 0 Å². The van der Waals surface area contributed by atoms with E-state index in [0.29, 0.717) is 6.04 Å². The molecule has 1 nitrogen and oxygen atoms in total. The molecule has 0 aliphatic carbocycles. The highest BCUT2D eigenvalue weighted by atomic mass is 14.8. The van der Waals surface area contributed by atoms with E-state index in [4.69, 9.17) is 0 Å². The Bertz CT molecular complexity index is 101. The van der Waals surface area contributed by atoms with Crippen LogP contribution in [-0.2, 0) is 0 Å². The SMILES string of the molecule is CCCC1C=C=N1. The molecular weight excluding hydrogens is 86.1 g/mol. The molecule has 0 saturated carbocycles. The molecule has 0 bridgehead atoms. The number of hydrogen-bond donors (Lipinski definition) is 0. The van der Waals surface area contributed by atoms with Crippen molar-refractivity contribution < 1.29 is 0 Å². The van der Waals surface area contributed by atoms with E-state index in [-0.39, 0.29) is 0 Å². The second kappa shape index (κ2) is 1.94. The lowest BCUT2D eigenvalue weighted by atomic mass is 10.1. The Kier molecular flexibility index (Phi) is 1.28. The zero-order valence-electron chi connectivity index (χ0n) is 4.52. The van der Waals surface area contributed by atoms with Crippen LogP contribution in [0, 0.1) is 0 Å². The van der Waals surface area contributed by atoms with Crippen molar-refractivity contribution in [2.45, 2.75) is 25.8 Å². The molecular formula is C6H9N. The van der Waals surface area contributed by atoms with Crippen LogP contribution in [0.2, 0.25) is 0 Å². The van der Waals surface area contributed by atoms with Crippen LogP contribution in [-0.4, -0.2) is 11.9 Å². The van der Waals surface area contributed by atoms with Crippen molar-refractivity contribution in [3.63, 3.8) is 0 Å². The minimum absolute atomic E-state index is 0.519.